The molecule has 0 aliphatic heterocycles. The minimum atomic E-state index is -0.125. The Bertz CT molecular complexity index is 1240. The molecule has 0 fully saturated rings. The number of pyridine rings is 1. The second-order valence-corrected chi connectivity index (χ2v) is 6.82. The molecule has 2 heterocycles. The Labute approximate surface area is 166 Å². The lowest BCUT2D eigenvalue weighted by Crippen LogP contribution is -2.22. The van der Waals surface area contributed by atoms with E-state index in [1.54, 1.807) is 43.3 Å². The number of fused-ring (bicyclic) bond motifs is 2. The summed E-state index contributed by atoms with van der Waals surface area (Å²) in [6, 6.07) is 12.9. The van der Waals surface area contributed by atoms with E-state index in [0.717, 1.165) is 16.5 Å². The lowest BCUT2D eigenvalue weighted by Gasteiger charge is -2.11. The number of hydrogen-bond acceptors (Lipinski definition) is 5. The maximum atomic E-state index is 12.9. The lowest BCUT2D eigenvalue weighted by molar-refractivity contribution is 0.354. The van der Waals surface area contributed by atoms with E-state index in [4.69, 9.17) is 21.1 Å². The molecule has 0 N–H and O–H groups in total. The second-order valence-electron chi connectivity index (χ2n) is 6.38. The normalized spacial score (nSPS) is 11.1. The largest absolute Gasteiger partial charge is 0.493 e. The minimum absolute atomic E-state index is 0.125. The molecule has 6 nitrogen and oxygen atoms in total. The van der Waals surface area contributed by atoms with Crippen LogP contribution in [-0.2, 0) is 13.0 Å². The van der Waals surface area contributed by atoms with Crippen molar-refractivity contribution < 1.29 is 9.47 Å². The molecule has 0 amide bonds. The van der Waals surface area contributed by atoms with Gasteiger partial charge < -0.3 is 9.47 Å². The summed E-state index contributed by atoms with van der Waals surface area (Å²) in [6.45, 7) is 0.491. The van der Waals surface area contributed by atoms with E-state index in [1.165, 1.54) is 0 Å². The predicted octanol–water partition coefficient (Wildman–Crippen LogP) is 3.86. The summed E-state index contributed by atoms with van der Waals surface area (Å²) in [7, 11) is 3.20. The highest BCUT2D eigenvalue weighted by atomic mass is 35.5. The molecule has 0 radical (unpaired) electrons. The molecule has 0 saturated heterocycles. The molecule has 142 valence electrons. The second kappa shape index (κ2) is 7.48. The summed E-state index contributed by atoms with van der Waals surface area (Å²) in [5.41, 5.74) is 2.10. The fourth-order valence-corrected chi connectivity index (χ4v) is 3.35. The van der Waals surface area contributed by atoms with Crippen LogP contribution in [0.2, 0.25) is 5.02 Å². The van der Waals surface area contributed by atoms with Gasteiger partial charge in [0.2, 0.25) is 0 Å². The topological polar surface area (TPSA) is 66.2 Å². The fourth-order valence-electron chi connectivity index (χ4n) is 3.17. The van der Waals surface area contributed by atoms with Gasteiger partial charge in [-0.15, -0.1) is 0 Å². The molecule has 0 spiro atoms. The first-order valence-corrected chi connectivity index (χ1v) is 9.13. The SMILES string of the molecule is COc1ccc(CCn2cnc3nc4ccc(Cl)cc4cc3c2=O)cc1OC. The maximum absolute atomic E-state index is 12.9. The molecule has 0 aliphatic rings. The molecule has 0 atom stereocenters. The van der Waals surface area contributed by atoms with Gasteiger partial charge in [0.1, 0.15) is 0 Å². The van der Waals surface area contributed by atoms with Crippen LogP contribution in [0.5, 0.6) is 11.5 Å². The number of rotatable bonds is 5. The Balaban J connectivity index is 1.66. The Morgan fingerprint density at radius 3 is 2.64 bits per heavy atom. The first-order chi connectivity index (χ1) is 13.6. The molecular weight excluding hydrogens is 378 g/mol. The van der Waals surface area contributed by atoms with Crippen LogP contribution in [0, 0.1) is 0 Å². The zero-order valence-electron chi connectivity index (χ0n) is 15.5. The van der Waals surface area contributed by atoms with Crippen molar-refractivity contribution in [3.05, 3.63) is 69.7 Å². The van der Waals surface area contributed by atoms with Crippen LogP contribution in [0.15, 0.2) is 53.6 Å². The number of benzene rings is 2. The van der Waals surface area contributed by atoms with Gasteiger partial charge in [0, 0.05) is 17.0 Å². The van der Waals surface area contributed by atoms with Gasteiger partial charge in [0.05, 0.1) is 31.4 Å². The molecule has 7 heteroatoms. The zero-order valence-corrected chi connectivity index (χ0v) is 16.2. The summed E-state index contributed by atoms with van der Waals surface area (Å²) >= 11 is 6.06. The first-order valence-electron chi connectivity index (χ1n) is 8.75. The Kier molecular flexibility index (Phi) is 4.88. The van der Waals surface area contributed by atoms with Crippen molar-refractivity contribution in [2.45, 2.75) is 13.0 Å². The number of nitrogens with zero attached hydrogens (tertiary/aromatic N) is 3. The monoisotopic (exact) mass is 395 g/mol. The minimum Gasteiger partial charge on any atom is -0.493 e. The van der Waals surface area contributed by atoms with Crippen molar-refractivity contribution in [3.8, 4) is 11.5 Å². The Hall–Kier alpha value is -3.12. The molecule has 4 rings (SSSR count). The van der Waals surface area contributed by atoms with Gasteiger partial charge in [0.15, 0.2) is 17.1 Å². The molecule has 0 bridgehead atoms. The number of ether oxygens (including phenoxy) is 2. The maximum Gasteiger partial charge on any atom is 0.262 e. The van der Waals surface area contributed by atoms with Crippen LogP contribution in [0.3, 0.4) is 0 Å². The van der Waals surface area contributed by atoms with Gasteiger partial charge >= 0.3 is 0 Å². The average molecular weight is 396 g/mol. The molecule has 4 aromatic rings. The van der Waals surface area contributed by atoms with Crippen LogP contribution >= 0.6 is 11.6 Å². The van der Waals surface area contributed by atoms with E-state index in [2.05, 4.69) is 9.97 Å². The van der Waals surface area contributed by atoms with E-state index >= 15 is 0 Å². The van der Waals surface area contributed by atoms with Crippen LogP contribution in [-0.4, -0.2) is 28.8 Å². The van der Waals surface area contributed by atoms with E-state index < -0.39 is 0 Å². The fraction of sp³-hybridized carbons (Fsp3) is 0.190. The third-order valence-corrected chi connectivity index (χ3v) is 4.89. The van der Waals surface area contributed by atoms with Crippen molar-refractivity contribution in [2.24, 2.45) is 0 Å². The molecule has 2 aromatic carbocycles. The molecular formula is C21H18ClN3O3. The number of halogens is 1. The standard InChI is InChI=1S/C21H18ClN3O3/c1-27-18-6-3-13(9-19(18)28-2)7-8-25-12-23-20-16(21(25)26)11-14-10-15(22)4-5-17(14)24-20/h3-6,9-12H,7-8H2,1-2H3. The number of hydrogen-bond donors (Lipinski definition) is 0. The molecule has 0 unspecified atom stereocenters. The molecule has 2 aromatic heterocycles. The summed E-state index contributed by atoms with van der Waals surface area (Å²) in [6.07, 6.45) is 2.19. The Morgan fingerprint density at radius 2 is 1.86 bits per heavy atom. The third kappa shape index (κ3) is 3.39. The van der Waals surface area contributed by atoms with Gasteiger partial charge in [-0.2, -0.15) is 0 Å². The van der Waals surface area contributed by atoms with Crippen molar-refractivity contribution in [1.29, 1.82) is 0 Å². The highest BCUT2D eigenvalue weighted by Gasteiger charge is 2.09. The van der Waals surface area contributed by atoms with Gasteiger partial charge in [-0.05, 0) is 48.4 Å². The van der Waals surface area contributed by atoms with Crippen molar-refractivity contribution in [2.75, 3.05) is 14.2 Å². The van der Waals surface area contributed by atoms with Gasteiger partial charge in [-0.3, -0.25) is 9.36 Å². The van der Waals surface area contributed by atoms with Crippen LogP contribution in [0.4, 0.5) is 0 Å². The number of methoxy groups -OCH3 is 2. The van der Waals surface area contributed by atoms with E-state index in [0.29, 0.717) is 40.5 Å². The smallest absolute Gasteiger partial charge is 0.262 e. The summed E-state index contributed by atoms with van der Waals surface area (Å²) in [5.74, 6) is 1.34. The summed E-state index contributed by atoms with van der Waals surface area (Å²) in [4.78, 5) is 21.7. The van der Waals surface area contributed by atoms with Gasteiger partial charge in [-0.1, -0.05) is 17.7 Å². The molecule has 0 saturated carbocycles. The van der Waals surface area contributed by atoms with E-state index in [1.807, 2.05) is 24.3 Å². The highest BCUT2D eigenvalue weighted by molar-refractivity contribution is 6.31. The quantitative estimate of drug-likeness (QED) is 0.480. The number of aromatic nitrogens is 3. The zero-order chi connectivity index (χ0) is 19.7. The van der Waals surface area contributed by atoms with Crippen molar-refractivity contribution in [3.63, 3.8) is 0 Å². The molecule has 0 aliphatic carbocycles. The summed E-state index contributed by atoms with van der Waals surface area (Å²) < 4.78 is 12.2. The Morgan fingerprint density at radius 1 is 1.04 bits per heavy atom. The van der Waals surface area contributed by atoms with Crippen molar-refractivity contribution in [1.82, 2.24) is 14.5 Å². The summed E-state index contributed by atoms with van der Waals surface area (Å²) in [5, 5.41) is 1.90. The predicted molar refractivity (Wildman–Crippen MR) is 110 cm³/mol. The van der Waals surface area contributed by atoms with Crippen molar-refractivity contribution >= 4 is 33.5 Å². The first kappa shape index (κ1) is 18.3. The average Bonchev–Trinajstić information content (AvgIpc) is 2.72. The van der Waals surface area contributed by atoms with Crippen LogP contribution in [0.1, 0.15) is 5.56 Å². The van der Waals surface area contributed by atoms with Crippen LogP contribution < -0.4 is 15.0 Å². The third-order valence-electron chi connectivity index (χ3n) is 4.66. The number of aryl methyl sites for hydroxylation is 2. The molecule has 28 heavy (non-hydrogen) atoms. The van der Waals surface area contributed by atoms with E-state index in [-0.39, 0.29) is 5.56 Å². The van der Waals surface area contributed by atoms with Crippen LogP contribution in [0.25, 0.3) is 21.9 Å². The van der Waals surface area contributed by atoms with Gasteiger partial charge in [-0.25, -0.2) is 9.97 Å². The highest BCUT2D eigenvalue weighted by Crippen LogP contribution is 2.27. The van der Waals surface area contributed by atoms with Gasteiger partial charge in [0.25, 0.3) is 5.56 Å². The lowest BCUT2D eigenvalue weighted by atomic mass is 10.1. The van der Waals surface area contributed by atoms with E-state index in [9.17, 15) is 4.79 Å².